The van der Waals surface area contributed by atoms with Crippen LogP contribution in [0.15, 0.2) is 65.7 Å². The smallest absolute Gasteiger partial charge is 0.327 e. The predicted octanol–water partition coefficient (Wildman–Crippen LogP) is 1.98. The summed E-state index contributed by atoms with van der Waals surface area (Å²) >= 11 is 0. The lowest BCUT2D eigenvalue weighted by Gasteiger charge is -2.14. The van der Waals surface area contributed by atoms with Gasteiger partial charge in [-0.3, -0.25) is 4.55 Å². The molecule has 0 aliphatic heterocycles. The molecule has 2 aromatic carbocycles. The van der Waals surface area contributed by atoms with Crippen LogP contribution in [0.2, 0.25) is 0 Å². The second-order valence-electron chi connectivity index (χ2n) is 4.17. The average Bonchev–Trinajstić information content (AvgIpc) is 2.45. The highest BCUT2D eigenvalue weighted by atomic mass is 32.2. The lowest BCUT2D eigenvalue weighted by atomic mass is 9.99. The van der Waals surface area contributed by atoms with Crippen LogP contribution in [0.25, 0.3) is 0 Å². The fourth-order valence-electron chi connectivity index (χ4n) is 1.81. The van der Waals surface area contributed by atoms with Crippen LogP contribution in [0.1, 0.15) is 17.2 Å². The highest BCUT2D eigenvalue weighted by Crippen LogP contribution is 2.25. The fourth-order valence-corrected chi connectivity index (χ4v) is 2.04. The van der Waals surface area contributed by atoms with Crippen LogP contribution in [0.5, 0.6) is 0 Å². The molecule has 0 saturated heterocycles. The third-order valence-corrected chi connectivity index (χ3v) is 3.39. The standard InChI is InChI=1S/C14H14N2O3S/c15-14(20(17,18)19)16-13(11-7-3-1-4-8-11)12-9-5-2-6-10-12/h1-10,13H,(H2,15,16)(H,17,18,19). The Hall–Kier alpha value is -2.18. The number of amidine groups is 1. The fraction of sp³-hybridized carbons (Fsp3) is 0.0714. The molecule has 0 saturated carbocycles. The first-order valence-electron chi connectivity index (χ1n) is 5.89. The van der Waals surface area contributed by atoms with Crippen LogP contribution < -0.4 is 5.73 Å². The van der Waals surface area contributed by atoms with E-state index in [-0.39, 0.29) is 0 Å². The van der Waals surface area contributed by atoms with Crippen LogP contribution in [0.4, 0.5) is 0 Å². The molecule has 104 valence electrons. The minimum Gasteiger partial charge on any atom is -0.372 e. The predicted molar refractivity (Wildman–Crippen MR) is 77.9 cm³/mol. The van der Waals surface area contributed by atoms with Gasteiger partial charge in [0.2, 0.25) is 5.17 Å². The van der Waals surface area contributed by atoms with Gasteiger partial charge in [-0.15, -0.1) is 0 Å². The summed E-state index contributed by atoms with van der Waals surface area (Å²) in [5.41, 5.74) is 6.90. The molecule has 6 heteroatoms. The van der Waals surface area contributed by atoms with E-state index in [9.17, 15) is 8.42 Å². The molecule has 3 N–H and O–H groups in total. The van der Waals surface area contributed by atoms with Crippen LogP contribution in [0, 0.1) is 0 Å². The topological polar surface area (TPSA) is 92.8 Å². The van der Waals surface area contributed by atoms with Gasteiger partial charge in [-0.05, 0) is 11.1 Å². The van der Waals surface area contributed by atoms with Crippen molar-refractivity contribution >= 4 is 15.3 Å². The van der Waals surface area contributed by atoms with Gasteiger partial charge < -0.3 is 5.73 Å². The summed E-state index contributed by atoms with van der Waals surface area (Å²) in [6, 6.07) is 17.7. The van der Waals surface area contributed by atoms with Crippen molar-refractivity contribution < 1.29 is 13.0 Å². The van der Waals surface area contributed by atoms with E-state index in [0.717, 1.165) is 11.1 Å². The van der Waals surface area contributed by atoms with Crippen molar-refractivity contribution in [1.29, 1.82) is 0 Å². The molecule has 2 rings (SSSR count). The van der Waals surface area contributed by atoms with Gasteiger partial charge in [-0.25, -0.2) is 4.99 Å². The first-order valence-corrected chi connectivity index (χ1v) is 7.33. The van der Waals surface area contributed by atoms with Gasteiger partial charge >= 0.3 is 10.1 Å². The molecular weight excluding hydrogens is 276 g/mol. The number of nitrogens with two attached hydrogens (primary N) is 1. The molecule has 0 bridgehead atoms. The van der Waals surface area contributed by atoms with Gasteiger partial charge in [-0.2, -0.15) is 8.42 Å². The number of benzene rings is 2. The molecule has 0 amide bonds. The van der Waals surface area contributed by atoms with Gasteiger partial charge in [0, 0.05) is 0 Å². The van der Waals surface area contributed by atoms with Gasteiger partial charge in [0.25, 0.3) is 0 Å². The third kappa shape index (κ3) is 3.43. The quantitative estimate of drug-likeness (QED) is 0.513. The summed E-state index contributed by atoms with van der Waals surface area (Å²) in [5.74, 6) is 0. The summed E-state index contributed by atoms with van der Waals surface area (Å²) in [7, 11) is -4.49. The van der Waals surface area contributed by atoms with E-state index in [1.54, 1.807) is 0 Å². The van der Waals surface area contributed by atoms with E-state index in [2.05, 4.69) is 4.99 Å². The second-order valence-corrected chi connectivity index (χ2v) is 5.53. The Morgan fingerprint density at radius 3 is 1.70 bits per heavy atom. The van der Waals surface area contributed by atoms with Gasteiger partial charge in [0.1, 0.15) is 6.04 Å². The molecule has 0 aliphatic rings. The number of hydrogen-bond donors (Lipinski definition) is 2. The van der Waals surface area contributed by atoms with E-state index in [4.69, 9.17) is 10.3 Å². The summed E-state index contributed by atoms with van der Waals surface area (Å²) in [6.45, 7) is 0. The average molecular weight is 290 g/mol. The van der Waals surface area contributed by atoms with Crippen molar-refractivity contribution in [2.45, 2.75) is 6.04 Å². The number of rotatable bonds is 3. The van der Waals surface area contributed by atoms with Crippen LogP contribution in [-0.2, 0) is 10.1 Å². The monoisotopic (exact) mass is 290 g/mol. The molecule has 0 spiro atoms. The van der Waals surface area contributed by atoms with E-state index in [0.29, 0.717) is 0 Å². The Morgan fingerprint density at radius 1 is 0.950 bits per heavy atom. The number of aliphatic imine (C=N–C) groups is 1. The van der Waals surface area contributed by atoms with Gasteiger partial charge in [0.05, 0.1) is 0 Å². The zero-order valence-electron chi connectivity index (χ0n) is 10.5. The molecule has 0 radical (unpaired) electrons. The van der Waals surface area contributed by atoms with Crippen LogP contribution >= 0.6 is 0 Å². The van der Waals surface area contributed by atoms with E-state index in [1.165, 1.54) is 0 Å². The largest absolute Gasteiger partial charge is 0.372 e. The maximum absolute atomic E-state index is 11.0. The van der Waals surface area contributed by atoms with Crippen LogP contribution in [-0.4, -0.2) is 18.1 Å². The Balaban J connectivity index is 2.52. The highest BCUT2D eigenvalue weighted by Gasteiger charge is 2.18. The Morgan fingerprint density at radius 2 is 1.35 bits per heavy atom. The molecule has 0 atom stereocenters. The molecule has 0 aliphatic carbocycles. The SMILES string of the molecule is NC(=NC(c1ccccc1)c1ccccc1)S(=O)(=O)O. The van der Waals surface area contributed by atoms with Crippen molar-refractivity contribution in [1.82, 2.24) is 0 Å². The van der Waals surface area contributed by atoms with Crippen molar-refractivity contribution in [2.24, 2.45) is 10.7 Å². The first-order chi connectivity index (χ1) is 9.48. The first kappa shape index (κ1) is 14.2. The van der Waals surface area contributed by atoms with Crippen molar-refractivity contribution in [3.8, 4) is 0 Å². The van der Waals surface area contributed by atoms with Crippen LogP contribution in [0.3, 0.4) is 0 Å². The van der Waals surface area contributed by atoms with Crippen molar-refractivity contribution in [3.63, 3.8) is 0 Å². The molecule has 0 fully saturated rings. The minimum atomic E-state index is -4.49. The third-order valence-electron chi connectivity index (χ3n) is 2.75. The minimum absolute atomic E-state index is 0.584. The van der Waals surface area contributed by atoms with E-state index < -0.39 is 21.3 Å². The molecule has 0 heterocycles. The van der Waals surface area contributed by atoms with Gasteiger partial charge in [0.15, 0.2) is 0 Å². The zero-order chi connectivity index (χ0) is 14.6. The zero-order valence-corrected chi connectivity index (χ0v) is 11.4. The lowest BCUT2D eigenvalue weighted by molar-refractivity contribution is 0.497. The summed E-state index contributed by atoms with van der Waals surface area (Å²) in [4.78, 5) is 3.94. The summed E-state index contributed by atoms with van der Waals surface area (Å²) < 4.78 is 31.0. The maximum Gasteiger partial charge on any atom is 0.327 e. The number of hydrogen-bond acceptors (Lipinski definition) is 3. The second kappa shape index (κ2) is 5.85. The van der Waals surface area contributed by atoms with Crippen molar-refractivity contribution in [2.75, 3.05) is 0 Å². The maximum atomic E-state index is 11.0. The van der Waals surface area contributed by atoms with Crippen molar-refractivity contribution in [3.05, 3.63) is 71.8 Å². The molecule has 5 nitrogen and oxygen atoms in total. The molecular formula is C14H14N2O3S. The Kier molecular flexibility index (Phi) is 4.16. The highest BCUT2D eigenvalue weighted by molar-refractivity contribution is 8.01. The van der Waals surface area contributed by atoms with E-state index in [1.807, 2.05) is 60.7 Å². The normalized spacial score (nSPS) is 12.6. The molecule has 0 aromatic heterocycles. The molecule has 20 heavy (non-hydrogen) atoms. The van der Waals surface area contributed by atoms with Gasteiger partial charge in [-0.1, -0.05) is 60.7 Å². The lowest BCUT2D eigenvalue weighted by Crippen LogP contribution is -2.24. The summed E-state index contributed by atoms with van der Waals surface area (Å²) in [6.07, 6.45) is 0. The molecule has 0 unspecified atom stereocenters. The Labute approximate surface area is 117 Å². The Bertz CT molecular complexity index is 658. The molecule has 2 aromatic rings. The summed E-state index contributed by atoms with van der Waals surface area (Å²) in [5, 5.41) is -0.796. The number of nitrogens with zero attached hydrogens (tertiary/aromatic N) is 1. The van der Waals surface area contributed by atoms with E-state index >= 15 is 0 Å².